The van der Waals surface area contributed by atoms with Gasteiger partial charge >= 0.3 is 5.97 Å². The van der Waals surface area contributed by atoms with Crippen LogP contribution in [-0.4, -0.2) is 18.2 Å². The summed E-state index contributed by atoms with van der Waals surface area (Å²) in [7, 11) is 1.61. The van der Waals surface area contributed by atoms with E-state index in [-0.39, 0.29) is 5.92 Å². The topological polar surface area (TPSA) is 46.5 Å². The van der Waals surface area contributed by atoms with Gasteiger partial charge in [0.15, 0.2) is 0 Å². The van der Waals surface area contributed by atoms with Crippen LogP contribution >= 0.6 is 0 Å². The second-order valence-corrected chi connectivity index (χ2v) is 4.28. The van der Waals surface area contributed by atoms with Crippen LogP contribution in [-0.2, 0) is 4.79 Å². The number of hydrogen-bond acceptors (Lipinski definition) is 2. The van der Waals surface area contributed by atoms with Gasteiger partial charge in [0.1, 0.15) is 5.75 Å². The van der Waals surface area contributed by atoms with Crippen molar-refractivity contribution < 1.29 is 14.6 Å². The fraction of sp³-hybridized carbons (Fsp3) is 0.462. The van der Waals surface area contributed by atoms with Crippen LogP contribution in [0.1, 0.15) is 30.7 Å². The zero-order chi connectivity index (χ0) is 11.5. The maximum atomic E-state index is 11.3. The highest BCUT2D eigenvalue weighted by Crippen LogP contribution is 2.39. The summed E-state index contributed by atoms with van der Waals surface area (Å²) in [5, 5.41) is 9.26. The number of carbonyl (C=O) groups is 1. The molecule has 0 aliphatic heterocycles. The molecule has 1 aromatic rings. The predicted molar refractivity (Wildman–Crippen MR) is 60.7 cm³/mol. The van der Waals surface area contributed by atoms with Gasteiger partial charge in [-0.2, -0.15) is 0 Å². The van der Waals surface area contributed by atoms with Gasteiger partial charge in [-0.15, -0.1) is 0 Å². The standard InChI is InChI=1S/C13H16O3/c1-16-11-7-5-10(6-8-11)12(13(14)15)9-3-2-4-9/h5-9,12H,2-4H2,1H3,(H,14,15). The molecular weight excluding hydrogens is 204 g/mol. The molecule has 2 rings (SSSR count). The molecule has 0 saturated heterocycles. The molecule has 0 bridgehead atoms. The molecule has 1 atom stereocenters. The van der Waals surface area contributed by atoms with Crippen molar-refractivity contribution in [3.8, 4) is 5.75 Å². The van der Waals surface area contributed by atoms with Crippen molar-refractivity contribution in [2.75, 3.05) is 7.11 Å². The van der Waals surface area contributed by atoms with Crippen molar-refractivity contribution in [1.82, 2.24) is 0 Å². The summed E-state index contributed by atoms with van der Waals surface area (Å²) >= 11 is 0. The molecule has 1 aliphatic carbocycles. The van der Waals surface area contributed by atoms with E-state index < -0.39 is 5.97 Å². The number of rotatable bonds is 4. The SMILES string of the molecule is COc1ccc(C(C(=O)O)C2CCC2)cc1. The average Bonchev–Trinajstić information content (AvgIpc) is 2.23. The molecule has 16 heavy (non-hydrogen) atoms. The molecule has 3 nitrogen and oxygen atoms in total. The monoisotopic (exact) mass is 220 g/mol. The van der Waals surface area contributed by atoms with Crippen LogP contribution in [0, 0.1) is 5.92 Å². The molecule has 1 N–H and O–H groups in total. The highest BCUT2D eigenvalue weighted by atomic mass is 16.5. The van der Waals surface area contributed by atoms with E-state index in [9.17, 15) is 9.90 Å². The van der Waals surface area contributed by atoms with E-state index in [1.807, 2.05) is 24.3 Å². The Balaban J connectivity index is 2.20. The summed E-state index contributed by atoms with van der Waals surface area (Å²) in [4.78, 5) is 11.3. The lowest BCUT2D eigenvalue weighted by atomic mass is 9.73. The average molecular weight is 220 g/mol. The number of carboxylic acid groups (broad SMARTS) is 1. The third-order valence-corrected chi connectivity index (χ3v) is 3.36. The minimum Gasteiger partial charge on any atom is -0.497 e. The summed E-state index contributed by atoms with van der Waals surface area (Å²) in [5.41, 5.74) is 0.887. The molecule has 86 valence electrons. The second kappa shape index (κ2) is 4.56. The van der Waals surface area contributed by atoms with E-state index in [1.54, 1.807) is 7.11 Å². The van der Waals surface area contributed by atoms with Gasteiger partial charge in [0.05, 0.1) is 13.0 Å². The van der Waals surface area contributed by atoms with Gasteiger partial charge in [0, 0.05) is 0 Å². The van der Waals surface area contributed by atoms with E-state index in [1.165, 1.54) is 0 Å². The van der Waals surface area contributed by atoms with E-state index in [2.05, 4.69) is 0 Å². The van der Waals surface area contributed by atoms with Crippen LogP contribution < -0.4 is 4.74 Å². The molecule has 1 fully saturated rings. The summed E-state index contributed by atoms with van der Waals surface area (Å²) in [6, 6.07) is 7.36. The first-order chi connectivity index (χ1) is 7.72. The first-order valence-electron chi connectivity index (χ1n) is 5.59. The molecule has 0 spiro atoms. The molecule has 3 heteroatoms. The lowest BCUT2D eigenvalue weighted by Crippen LogP contribution is -2.26. The smallest absolute Gasteiger partial charge is 0.311 e. The van der Waals surface area contributed by atoms with E-state index in [4.69, 9.17) is 4.74 Å². The Morgan fingerprint density at radius 1 is 1.38 bits per heavy atom. The van der Waals surface area contributed by atoms with Crippen molar-refractivity contribution >= 4 is 5.97 Å². The van der Waals surface area contributed by atoms with Crippen LogP contribution in [0.3, 0.4) is 0 Å². The van der Waals surface area contributed by atoms with Crippen LogP contribution in [0.15, 0.2) is 24.3 Å². The number of methoxy groups -OCH3 is 1. The van der Waals surface area contributed by atoms with Crippen molar-refractivity contribution in [3.05, 3.63) is 29.8 Å². The zero-order valence-corrected chi connectivity index (χ0v) is 9.35. The van der Waals surface area contributed by atoms with Crippen LogP contribution in [0.4, 0.5) is 0 Å². The second-order valence-electron chi connectivity index (χ2n) is 4.28. The highest BCUT2D eigenvalue weighted by molar-refractivity contribution is 5.76. The molecule has 1 aliphatic rings. The largest absolute Gasteiger partial charge is 0.497 e. The summed E-state index contributed by atoms with van der Waals surface area (Å²) < 4.78 is 5.06. The number of aliphatic carboxylic acids is 1. The Morgan fingerprint density at radius 3 is 2.38 bits per heavy atom. The third kappa shape index (κ3) is 2.03. The molecule has 0 heterocycles. The fourth-order valence-electron chi connectivity index (χ4n) is 2.20. The van der Waals surface area contributed by atoms with E-state index >= 15 is 0 Å². The molecule has 1 unspecified atom stereocenters. The van der Waals surface area contributed by atoms with Gasteiger partial charge in [-0.3, -0.25) is 4.79 Å². The Labute approximate surface area is 95.0 Å². The zero-order valence-electron chi connectivity index (χ0n) is 9.35. The van der Waals surface area contributed by atoms with Gasteiger partial charge < -0.3 is 9.84 Å². The fourth-order valence-corrected chi connectivity index (χ4v) is 2.20. The van der Waals surface area contributed by atoms with E-state index in [0.29, 0.717) is 5.92 Å². The predicted octanol–water partition coefficient (Wildman–Crippen LogP) is 2.66. The maximum Gasteiger partial charge on any atom is 0.311 e. The van der Waals surface area contributed by atoms with Crippen LogP contribution in [0.5, 0.6) is 5.75 Å². The number of benzene rings is 1. The number of carboxylic acids is 1. The number of hydrogen-bond donors (Lipinski definition) is 1. The van der Waals surface area contributed by atoms with Crippen molar-refractivity contribution in [2.45, 2.75) is 25.2 Å². The molecular formula is C13H16O3. The lowest BCUT2D eigenvalue weighted by Gasteiger charge is -2.31. The Bertz CT molecular complexity index is 365. The number of ether oxygens (including phenoxy) is 1. The Morgan fingerprint density at radius 2 is 2.00 bits per heavy atom. The minimum absolute atomic E-state index is 0.311. The van der Waals surface area contributed by atoms with Gasteiger partial charge in [0.2, 0.25) is 0 Å². The van der Waals surface area contributed by atoms with Crippen molar-refractivity contribution in [3.63, 3.8) is 0 Å². The van der Waals surface area contributed by atoms with Crippen molar-refractivity contribution in [2.24, 2.45) is 5.92 Å². The third-order valence-electron chi connectivity index (χ3n) is 3.36. The highest BCUT2D eigenvalue weighted by Gasteiger charge is 2.33. The first-order valence-corrected chi connectivity index (χ1v) is 5.59. The van der Waals surface area contributed by atoms with Crippen LogP contribution in [0.25, 0.3) is 0 Å². The molecule has 0 radical (unpaired) electrons. The van der Waals surface area contributed by atoms with Gasteiger partial charge in [-0.25, -0.2) is 0 Å². The molecule has 0 aromatic heterocycles. The molecule has 1 saturated carbocycles. The normalized spacial score (nSPS) is 17.6. The summed E-state index contributed by atoms with van der Waals surface area (Å²) in [5.74, 6) is 0.0157. The lowest BCUT2D eigenvalue weighted by molar-refractivity contribution is -0.141. The van der Waals surface area contributed by atoms with Gasteiger partial charge in [-0.1, -0.05) is 18.6 Å². The quantitative estimate of drug-likeness (QED) is 0.848. The minimum atomic E-state index is -0.713. The maximum absolute atomic E-state index is 11.3. The first kappa shape index (κ1) is 11.0. The Kier molecular flexibility index (Phi) is 3.13. The summed E-state index contributed by atoms with van der Waals surface area (Å²) in [6.45, 7) is 0. The van der Waals surface area contributed by atoms with Crippen molar-refractivity contribution in [1.29, 1.82) is 0 Å². The molecule has 0 amide bonds. The van der Waals surface area contributed by atoms with Gasteiger partial charge in [-0.05, 0) is 36.5 Å². The van der Waals surface area contributed by atoms with Gasteiger partial charge in [0.25, 0.3) is 0 Å². The van der Waals surface area contributed by atoms with E-state index in [0.717, 1.165) is 30.6 Å². The summed E-state index contributed by atoms with van der Waals surface area (Å²) in [6.07, 6.45) is 3.22. The Hall–Kier alpha value is -1.51. The van der Waals surface area contributed by atoms with Crippen LogP contribution in [0.2, 0.25) is 0 Å². The molecule has 1 aromatic carbocycles.